The summed E-state index contributed by atoms with van der Waals surface area (Å²) in [5, 5.41) is 0.646. The van der Waals surface area contributed by atoms with Gasteiger partial charge in [-0.15, -0.1) is 0 Å². The molecule has 1 aromatic heterocycles. The third-order valence-corrected chi connectivity index (χ3v) is 6.17. The molecule has 1 fully saturated rings. The molecular weight excluding hydrogens is 378 g/mol. The highest BCUT2D eigenvalue weighted by molar-refractivity contribution is 5.80. The number of para-hydroxylation sites is 1. The molecule has 6 heteroatoms. The third-order valence-electron chi connectivity index (χ3n) is 6.17. The van der Waals surface area contributed by atoms with Crippen molar-refractivity contribution in [3.8, 4) is 22.9 Å². The molecule has 1 saturated carbocycles. The average Bonchev–Trinajstić information content (AvgIpc) is 2.80. The van der Waals surface area contributed by atoms with Crippen molar-refractivity contribution in [1.29, 1.82) is 0 Å². The van der Waals surface area contributed by atoms with Crippen molar-refractivity contribution < 1.29 is 9.47 Å². The summed E-state index contributed by atoms with van der Waals surface area (Å²) in [6.07, 6.45) is 4.51. The van der Waals surface area contributed by atoms with Crippen molar-refractivity contribution >= 4 is 10.9 Å². The van der Waals surface area contributed by atoms with Crippen LogP contribution >= 0.6 is 0 Å². The molecule has 0 bridgehead atoms. The van der Waals surface area contributed by atoms with Crippen LogP contribution in [0, 0.1) is 11.8 Å². The predicted molar refractivity (Wildman–Crippen MR) is 119 cm³/mol. The van der Waals surface area contributed by atoms with Crippen LogP contribution < -0.4 is 20.8 Å². The first-order chi connectivity index (χ1) is 14.6. The Bertz CT molecular complexity index is 1090. The van der Waals surface area contributed by atoms with E-state index in [1.54, 1.807) is 14.2 Å². The lowest BCUT2D eigenvalue weighted by atomic mass is 9.81. The van der Waals surface area contributed by atoms with Gasteiger partial charge in [-0.3, -0.25) is 9.36 Å². The van der Waals surface area contributed by atoms with E-state index in [-0.39, 0.29) is 5.56 Å². The number of fused-ring (bicyclic) bond motifs is 1. The molecule has 2 N–H and O–H groups in total. The second-order valence-corrected chi connectivity index (χ2v) is 8.07. The SMILES string of the molecule is COc1ccc(-c2nc3ccccc3c(=O)n2CC2CCCC(CN)C2)cc1OC. The Balaban J connectivity index is 1.83. The molecular formula is C24H29N3O3. The van der Waals surface area contributed by atoms with E-state index in [9.17, 15) is 4.79 Å². The van der Waals surface area contributed by atoms with Gasteiger partial charge in [0.1, 0.15) is 5.82 Å². The number of hydrogen-bond acceptors (Lipinski definition) is 5. The first-order valence-corrected chi connectivity index (χ1v) is 10.6. The maximum Gasteiger partial charge on any atom is 0.261 e. The number of benzene rings is 2. The van der Waals surface area contributed by atoms with Crippen molar-refractivity contribution in [3.63, 3.8) is 0 Å². The van der Waals surface area contributed by atoms with E-state index >= 15 is 0 Å². The molecule has 30 heavy (non-hydrogen) atoms. The smallest absolute Gasteiger partial charge is 0.261 e. The molecule has 1 aliphatic carbocycles. The minimum atomic E-state index is 0.000238. The molecule has 0 saturated heterocycles. The van der Waals surface area contributed by atoms with Gasteiger partial charge in [0.05, 0.1) is 25.1 Å². The Morgan fingerprint density at radius 2 is 1.83 bits per heavy atom. The number of ether oxygens (including phenoxy) is 2. The molecule has 2 atom stereocenters. The summed E-state index contributed by atoms with van der Waals surface area (Å²) >= 11 is 0. The minimum absolute atomic E-state index is 0.000238. The molecule has 1 heterocycles. The van der Waals surface area contributed by atoms with Crippen LogP contribution in [0.25, 0.3) is 22.3 Å². The number of nitrogens with two attached hydrogens (primary N) is 1. The summed E-state index contributed by atoms with van der Waals surface area (Å²) in [4.78, 5) is 18.4. The van der Waals surface area contributed by atoms with Crippen LogP contribution in [0.2, 0.25) is 0 Å². The zero-order valence-electron chi connectivity index (χ0n) is 17.6. The minimum Gasteiger partial charge on any atom is -0.493 e. The maximum atomic E-state index is 13.5. The Hall–Kier alpha value is -2.86. The predicted octanol–water partition coefficient (Wildman–Crippen LogP) is 3.85. The molecule has 2 aromatic carbocycles. The first kappa shape index (κ1) is 20.4. The van der Waals surface area contributed by atoms with Crippen molar-refractivity contribution in [2.24, 2.45) is 17.6 Å². The molecule has 0 radical (unpaired) electrons. The summed E-state index contributed by atoms with van der Waals surface area (Å²) in [5.74, 6) is 2.89. The van der Waals surface area contributed by atoms with E-state index in [4.69, 9.17) is 20.2 Å². The van der Waals surface area contributed by atoms with Gasteiger partial charge in [0.25, 0.3) is 5.56 Å². The Kier molecular flexibility index (Phi) is 6.04. The lowest BCUT2D eigenvalue weighted by Gasteiger charge is -2.29. The van der Waals surface area contributed by atoms with E-state index in [2.05, 4.69) is 0 Å². The van der Waals surface area contributed by atoms with Crippen molar-refractivity contribution in [2.75, 3.05) is 20.8 Å². The highest BCUT2D eigenvalue weighted by Gasteiger charge is 2.24. The van der Waals surface area contributed by atoms with Gasteiger partial charge in [-0.05, 0) is 68.0 Å². The van der Waals surface area contributed by atoms with Crippen molar-refractivity contribution in [1.82, 2.24) is 9.55 Å². The lowest BCUT2D eigenvalue weighted by Crippen LogP contribution is -2.30. The summed E-state index contributed by atoms with van der Waals surface area (Å²) in [5.41, 5.74) is 7.47. The van der Waals surface area contributed by atoms with Gasteiger partial charge in [0.2, 0.25) is 0 Å². The van der Waals surface area contributed by atoms with Crippen LogP contribution in [0.3, 0.4) is 0 Å². The molecule has 3 aromatic rings. The first-order valence-electron chi connectivity index (χ1n) is 10.6. The number of rotatable bonds is 6. The van der Waals surface area contributed by atoms with Gasteiger partial charge in [0.15, 0.2) is 11.5 Å². The number of nitrogens with zero attached hydrogens (tertiary/aromatic N) is 2. The van der Waals surface area contributed by atoms with E-state index in [1.807, 2.05) is 47.0 Å². The normalized spacial score (nSPS) is 19.0. The monoisotopic (exact) mass is 407 g/mol. The van der Waals surface area contributed by atoms with Gasteiger partial charge in [-0.1, -0.05) is 18.6 Å². The van der Waals surface area contributed by atoms with Gasteiger partial charge in [-0.2, -0.15) is 0 Å². The summed E-state index contributed by atoms with van der Waals surface area (Å²) < 4.78 is 12.7. The van der Waals surface area contributed by atoms with E-state index in [0.717, 1.165) is 24.8 Å². The van der Waals surface area contributed by atoms with Crippen LogP contribution in [0.4, 0.5) is 0 Å². The second-order valence-electron chi connectivity index (χ2n) is 8.07. The Morgan fingerprint density at radius 3 is 2.60 bits per heavy atom. The Labute approximate surface area is 176 Å². The van der Waals surface area contributed by atoms with Crippen LogP contribution in [-0.2, 0) is 6.54 Å². The van der Waals surface area contributed by atoms with E-state index < -0.39 is 0 Å². The average molecular weight is 408 g/mol. The van der Waals surface area contributed by atoms with Gasteiger partial charge in [-0.25, -0.2) is 4.98 Å². The van der Waals surface area contributed by atoms with Gasteiger partial charge >= 0.3 is 0 Å². The Morgan fingerprint density at radius 1 is 1.07 bits per heavy atom. The zero-order valence-corrected chi connectivity index (χ0v) is 17.6. The van der Waals surface area contributed by atoms with Crippen molar-refractivity contribution in [3.05, 3.63) is 52.8 Å². The third kappa shape index (κ3) is 3.92. The number of hydrogen-bond donors (Lipinski definition) is 1. The summed E-state index contributed by atoms with van der Waals surface area (Å²) in [6, 6.07) is 13.2. The number of aromatic nitrogens is 2. The zero-order chi connectivity index (χ0) is 21.1. The quantitative estimate of drug-likeness (QED) is 0.671. The van der Waals surface area contributed by atoms with Crippen LogP contribution in [0.5, 0.6) is 11.5 Å². The molecule has 158 valence electrons. The lowest BCUT2D eigenvalue weighted by molar-refractivity contribution is 0.246. The second kappa shape index (κ2) is 8.88. The van der Waals surface area contributed by atoms with Crippen molar-refractivity contribution in [2.45, 2.75) is 32.2 Å². The maximum absolute atomic E-state index is 13.5. The molecule has 1 aliphatic rings. The number of methoxy groups -OCH3 is 2. The molecule has 6 nitrogen and oxygen atoms in total. The van der Waals surface area contributed by atoms with Gasteiger partial charge in [0, 0.05) is 12.1 Å². The fraction of sp³-hybridized carbons (Fsp3) is 0.417. The highest BCUT2D eigenvalue weighted by atomic mass is 16.5. The molecule has 0 aliphatic heterocycles. The fourth-order valence-corrected chi connectivity index (χ4v) is 4.57. The molecule has 4 rings (SSSR count). The van der Waals surface area contributed by atoms with E-state index in [1.165, 1.54) is 6.42 Å². The molecule has 0 amide bonds. The largest absolute Gasteiger partial charge is 0.493 e. The summed E-state index contributed by atoms with van der Waals surface area (Å²) in [7, 11) is 3.22. The molecule has 2 unspecified atom stereocenters. The molecule has 0 spiro atoms. The van der Waals surface area contributed by atoms with Crippen LogP contribution in [0.1, 0.15) is 25.7 Å². The van der Waals surface area contributed by atoms with Crippen LogP contribution in [-0.4, -0.2) is 30.3 Å². The van der Waals surface area contributed by atoms with Gasteiger partial charge < -0.3 is 15.2 Å². The summed E-state index contributed by atoms with van der Waals surface area (Å²) in [6.45, 7) is 1.36. The topological polar surface area (TPSA) is 79.4 Å². The van der Waals surface area contributed by atoms with Crippen LogP contribution in [0.15, 0.2) is 47.3 Å². The highest BCUT2D eigenvalue weighted by Crippen LogP contribution is 2.33. The standard InChI is InChI=1S/C24H29N3O3/c1-29-21-11-10-18(13-22(21)30-2)23-26-20-9-4-3-8-19(20)24(28)27(23)15-17-7-5-6-16(12-17)14-25/h3-4,8-11,13,16-17H,5-7,12,14-15,25H2,1-2H3. The fourth-order valence-electron chi connectivity index (χ4n) is 4.57. The van der Waals surface area contributed by atoms with E-state index in [0.29, 0.717) is 53.2 Å².